The van der Waals surface area contributed by atoms with Crippen molar-refractivity contribution >= 4 is 11.7 Å². The van der Waals surface area contributed by atoms with Crippen LogP contribution in [0.1, 0.15) is 29.5 Å². The first-order chi connectivity index (χ1) is 10.2. The number of aryl methyl sites for hydroxylation is 1. The molecule has 0 aliphatic rings. The predicted octanol–water partition coefficient (Wildman–Crippen LogP) is 2.25. The first-order valence-corrected chi connectivity index (χ1v) is 6.74. The van der Waals surface area contributed by atoms with E-state index in [-0.39, 0.29) is 11.3 Å². The van der Waals surface area contributed by atoms with E-state index in [1.165, 1.54) is 19.4 Å². The highest BCUT2D eigenvalue weighted by Crippen LogP contribution is 2.14. The fraction of sp³-hybridized carbons (Fsp3) is 0.333. The molecule has 0 fully saturated rings. The Morgan fingerprint density at radius 1 is 1.38 bits per heavy atom. The van der Waals surface area contributed by atoms with Crippen LogP contribution in [0, 0.1) is 0 Å². The number of pyridine rings is 1. The third-order valence-corrected chi connectivity index (χ3v) is 3.05. The van der Waals surface area contributed by atoms with E-state index in [4.69, 9.17) is 4.42 Å². The SMILES string of the molecule is CCCn1cc(NCc2ccoc2C(=O)OC)ccc1=O. The summed E-state index contributed by atoms with van der Waals surface area (Å²) in [6, 6.07) is 4.95. The van der Waals surface area contributed by atoms with Crippen molar-refractivity contribution in [1.29, 1.82) is 0 Å². The second-order valence-corrected chi connectivity index (χ2v) is 4.57. The van der Waals surface area contributed by atoms with Gasteiger partial charge >= 0.3 is 5.97 Å². The zero-order chi connectivity index (χ0) is 15.2. The Hall–Kier alpha value is -2.50. The molecular formula is C15H18N2O4. The molecule has 6 heteroatoms. The van der Waals surface area contributed by atoms with Crippen LogP contribution in [0.4, 0.5) is 5.69 Å². The number of nitrogens with one attached hydrogen (secondary N) is 1. The van der Waals surface area contributed by atoms with Crippen molar-refractivity contribution in [3.63, 3.8) is 0 Å². The van der Waals surface area contributed by atoms with Gasteiger partial charge in [0.05, 0.1) is 19.1 Å². The summed E-state index contributed by atoms with van der Waals surface area (Å²) in [5.74, 6) is -0.320. The van der Waals surface area contributed by atoms with Crippen LogP contribution < -0.4 is 10.9 Å². The van der Waals surface area contributed by atoms with E-state index in [0.717, 1.165) is 12.1 Å². The molecule has 0 amide bonds. The lowest BCUT2D eigenvalue weighted by atomic mass is 10.2. The molecule has 0 atom stereocenters. The Balaban J connectivity index is 2.10. The molecule has 0 aliphatic carbocycles. The normalized spacial score (nSPS) is 10.4. The number of anilines is 1. The molecular weight excluding hydrogens is 272 g/mol. The fourth-order valence-electron chi connectivity index (χ4n) is 2.00. The number of aromatic nitrogens is 1. The second kappa shape index (κ2) is 6.78. The molecule has 21 heavy (non-hydrogen) atoms. The maximum atomic E-state index is 11.6. The Bertz CT molecular complexity index is 672. The van der Waals surface area contributed by atoms with E-state index >= 15 is 0 Å². The largest absolute Gasteiger partial charge is 0.463 e. The van der Waals surface area contributed by atoms with Crippen molar-refractivity contribution in [2.75, 3.05) is 12.4 Å². The highest BCUT2D eigenvalue weighted by atomic mass is 16.5. The Morgan fingerprint density at radius 3 is 2.90 bits per heavy atom. The predicted molar refractivity (Wildman–Crippen MR) is 78.4 cm³/mol. The molecule has 2 aromatic heterocycles. The van der Waals surface area contributed by atoms with Gasteiger partial charge in [0, 0.05) is 30.9 Å². The number of carbonyl (C=O) groups is 1. The minimum Gasteiger partial charge on any atom is -0.463 e. The molecule has 2 rings (SSSR count). The summed E-state index contributed by atoms with van der Waals surface area (Å²) in [5, 5.41) is 3.16. The van der Waals surface area contributed by atoms with E-state index in [0.29, 0.717) is 18.7 Å². The Labute approximate surface area is 122 Å². The third-order valence-electron chi connectivity index (χ3n) is 3.05. The van der Waals surface area contributed by atoms with Crippen LogP contribution >= 0.6 is 0 Å². The van der Waals surface area contributed by atoms with Crippen LogP contribution in [0.2, 0.25) is 0 Å². The number of rotatable bonds is 6. The molecule has 0 saturated carbocycles. The van der Waals surface area contributed by atoms with E-state index in [1.807, 2.05) is 6.92 Å². The molecule has 0 radical (unpaired) electrons. The van der Waals surface area contributed by atoms with Gasteiger partial charge < -0.3 is 19.0 Å². The van der Waals surface area contributed by atoms with Crippen molar-refractivity contribution in [2.45, 2.75) is 26.4 Å². The summed E-state index contributed by atoms with van der Waals surface area (Å²) in [5.41, 5.74) is 1.48. The maximum Gasteiger partial charge on any atom is 0.374 e. The maximum absolute atomic E-state index is 11.6. The lowest BCUT2D eigenvalue weighted by molar-refractivity contribution is 0.0563. The molecule has 0 saturated heterocycles. The van der Waals surface area contributed by atoms with Gasteiger partial charge in [-0.05, 0) is 18.6 Å². The van der Waals surface area contributed by atoms with Gasteiger partial charge in [-0.3, -0.25) is 4.79 Å². The van der Waals surface area contributed by atoms with Crippen LogP contribution in [0.5, 0.6) is 0 Å². The van der Waals surface area contributed by atoms with Gasteiger partial charge in [-0.25, -0.2) is 4.79 Å². The summed E-state index contributed by atoms with van der Waals surface area (Å²) in [7, 11) is 1.31. The van der Waals surface area contributed by atoms with Crippen molar-refractivity contribution < 1.29 is 13.9 Å². The lowest BCUT2D eigenvalue weighted by Gasteiger charge is -2.09. The van der Waals surface area contributed by atoms with Crippen LogP contribution in [0.25, 0.3) is 0 Å². The second-order valence-electron chi connectivity index (χ2n) is 4.57. The van der Waals surface area contributed by atoms with Crippen LogP contribution in [-0.2, 0) is 17.8 Å². The van der Waals surface area contributed by atoms with Gasteiger partial charge in [0.25, 0.3) is 5.56 Å². The van der Waals surface area contributed by atoms with E-state index < -0.39 is 5.97 Å². The number of ether oxygens (including phenoxy) is 1. The summed E-state index contributed by atoms with van der Waals surface area (Å²) in [6.45, 7) is 3.10. The van der Waals surface area contributed by atoms with Crippen LogP contribution in [0.3, 0.4) is 0 Å². The molecule has 0 bridgehead atoms. The Morgan fingerprint density at radius 2 is 2.19 bits per heavy atom. The fourth-order valence-corrected chi connectivity index (χ4v) is 2.00. The number of carbonyl (C=O) groups excluding carboxylic acids is 1. The molecule has 2 heterocycles. The number of nitrogens with zero attached hydrogens (tertiary/aromatic N) is 1. The number of hydrogen-bond acceptors (Lipinski definition) is 5. The van der Waals surface area contributed by atoms with Crippen molar-refractivity contribution in [3.05, 3.63) is 52.3 Å². The summed E-state index contributed by atoms with van der Waals surface area (Å²) < 4.78 is 11.4. The minimum absolute atomic E-state index is 0.0269. The monoisotopic (exact) mass is 290 g/mol. The average Bonchev–Trinajstić information content (AvgIpc) is 2.96. The lowest BCUT2D eigenvalue weighted by Crippen LogP contribution is -2.19. The quantitative estimate of drug-likeness (QED) is 0.826. The number of furan rings is 1. The Kier molecular flexibility index (Phi) is 4.81. The van der Waals surface area contributed by atoms with Crippen molar-refractivity contribution in [1.82, 2.24) is 4.57 Å². The highest BCUT2D eigenvalue weighted by Gasteiger charge is 2.15. The zero-order valence-corrected chi connectivity index (χ0v) is 12.1. The molecule has 2 aromatic rings. The van der Waals surface area contributed by atoms with Gasteiger partial charge in [0.1, 0.15) is 0 Å². The first-order valence-electron chi connectivity index (χ1n) is 6.74. The molecule has 0 unspecified atom stereocenters. The van der Waals surface area contributed by atoms with Crippen molar-refractivity contribution in [3.8, 4) is 0 Å². The van der Waals surface area contributed by atoms with Gasteiger partial charge in [-0.2, -0.15) is 0 Å². The van der Waals surface area contributed by atoms with E-state index in [1.54, 1.807) is 22.9 Å². The highest BCUT2D eigenvalue weighted by molar-refractivity contribution is 5.87. The summed E-state index contributed by atoms with van der Waals surface area (Å²) in [4.78, 5) is 23.1. The molecule has 0 aromatic carbocycles. The third kappa shape index (κ3) is 3.53. The molecule has 0 spiro atoms. The summed E-state index contributed by atoms with van der Waals surface area (Å²) in [6.07, 6.45) is 4.10. The van der Waals surface area contributed by atoms with E-state index in [9.17, 15) is 9.59 Å². The molecule has 6 nitrogen and oxygen atoms in total. The molecule has 0 aliphatic heterocycles. The topological polar surface area (TPSA) is 73.5 Å². The summed E-state index contributed by atoms with van der Waals surface area (Å²) >= 11 is 0. The number of esters is 1. The van der Waals surface area contributed by atoms with Gasteiger partial charge in [-0.1, -0.05) is 6.92 Å². The standard InChI is InChI=1S/C15H18N2O4/c1-3-7-17-10-12(4-5-13(17)18)16-9-11-6-8-21-14(11)15(19)20-2/h4-6,8,10,16H,3,7,9H2,1-2H3. The van der Waals surface area contributed by atoms with Gasteiger partial charge in [-0.15, -0.1) is 0 Å². The smallest absolute Gasteiger partial charge is 0.374 e. The number of hydrogen-bond donors (Lipinski definition) is 1. The average molecular weight is 290 g/mol. The number of methoxy groups -OCH3 is 1. The zero-order valence-electron chi connectivity index (χ0n) is 12.1. The van der Waals surface area contributed by atoms with Crippen molar-refractivity contribution in [2.24, 2.45) is 0 Å². The first kappa shape index (κ1) is 14.9. The van der Waals surface area contributed by atoms with Crippen LogP contribution in [0.15, 0.2) is 39.9 Å². The molecule has 112 valence electrons. The van der Waals surface area contributed by atoms with Crippen LogP contribution in [-0.4, -0.2) is 17.6 Å². The minimum atomic E-state index is -0.507. The molecule has 1 N–H and O–H groups in total. The van der Waals surface area contributed by atoms with Gasteiger partial charge in [0.15, 0.2) is 0 Å². The van der Waals surface area contributed by atoms with Gasteiger partial charge in [0.2, 0.25) is 5.76 Å². The van der Waals surface area contributed by atoms with E-state index in [2.05, 4.69) is 10.1 Å².